The van der Waals surface area contributed by atoms with E-state index in [4.69, 9.17) is 9.97 Å². The maximum Gasteiger partial charge on any atom is 0.243 e. The van der Waals surface area contributed by atoms with E-state index in [0.717, 1.165) is 48.8 Å². The van der Waals surface area contributed by atoms with Crippen molar-refractivity contribution in [1.82, 2.24) is 19.2 Å². The van der Waals surface area contributed by atoms with Crippen LogP contribution in [0.1, 0.15) is 35.8 Å². The van der Waals surface area contributed by atoms with Crippen LogP contribution in [0.4, 0.5) is 5.82 Å². The Labute approximate surface area is 166 Å². The largest absolute Gasteiger partial charge is 0.373 e. The summed E-state index contributed by atoms with van der Waals surface area (Å²) in [5.41, 5.74) is 1.86. The van der Waals surface area contributed by atoms with Gasteiger partial charge in [0.05, 0.1) is 17.1 Å². The van der Waals surface area contributed by atoms with E-state index in [-0.39, 0.29) is 5.92 Å². The highest BCUT2D eigenvalue weighted by molar-refractivity contribution is 7.89. The molecule has 0 spiro atoms. The Bertz CT molecular complexity index is 949. The Balaban J connectivity index is 1.66. The summed E-state index contributed by atoms with van der Waals surface area (Å²) in [5.74, 6) is 1.95. The minimum Gasteiger partial charge on any atom is -0.373 e. The van der Waals surface area contributed by atoms with Crippen LogP contribution >= 0.6 is 0 Å². The minimum absolute atomic E-state index is 0.289. The molecule has 0 amide bonds. The number of hydrogen-bond donors (Lipinski definition) is 1. The number of anilines is 1. The molecule has 0 radical (unpaired) electrons. The van der Waals surface area contributed by atoms with Gasteiger partial charge in [0.2, 0.25) is 10.0 Å². The van der Waals surface area contributed by atoms with E-state index in [1.54, 1.807) is 24.3 Å². The van der Waals surface area contributed by atoms with Crippen LogP contribution in [0.5, 0.6) is 0 Å². The Hall–Kier alpha value is -2.03. The van der Waals surface area contributed by atoms with Crippen molar-refractivity contribution in [3.63, 3.8) is 0 Å². The van der Waals surface area contributed by atoms with Gasteiger partial charge in [-0.25, -0.2) is 18.4 Å². The third-order valence-corrected chi connectivity index (χ3v) is 7.51. The highest BCUT2D eigenvalue weighted by atomic mass is 32.2. The van der Waals surface area contributed by atoms with Crippen LogP contribution in [0.15, 0.2) is 35.2 Å². The fraction of sp³-hybridized carbons (Fsp3) is 0.500. The third kappa shape index (κ3) is 3.64. The number of aromatic nitrogens is 2. The molecule has 3 heterocycles. The van der Waals surface area contributed by atoms with E-state index in [0.29, 0.717) is 24.4 Å². The first kappa shape index (κ1) is 19.3. The van der Waals surface area contributed by atoms with Gasteiger partial charge < -0.3 is 10.2 Å². The highest BCUT2D eigenvalue weighted by Gasteiger charge is 2.32. The Morgan fingerprint density at radius 2 is 1.93 bits per heavy atom. The van der Waals surface area contributed by atoms with Gasteiger partial charge >= 0.3 is 0 Å². The average molecular weight is 402 g/mol. The lowest BCUT2D eigenvalue weighted by Crippen LogP contribution is -2.37. The Kier molecular flexibility index (Phi) is 5.35. The summed E-state index contributed by atoms with van der Waals surface area (Å²) in [7, 11) is 0.464. The molecule has 1 aromatic carbocycles. The second kappa shape index (κ2) is 7.77. The molecule has 2 aromatic rings. The van der Waals surface area contributed by atoms with Gasteiger partial charge in [-0.1, -0.05) is 18.2 Å². The number of rotatable bonds is 4. The van der Waals surface area contributed by atoms with Crippen LogP contribution < -0.4 is 5.32 Å². The first-order valence-corrected chi connectivity index (χ1v) is 11.2. The van der Waals surface area contributed by atoms with E-state index in [1.165, 1.54) is 4.31 Å². The van der Waals surface area contributed by atoms with Gasteiger partial charge in [0, 0.05) is 31.6 Å². The van der Waals surface area contributed by atoms with E-state index >= 15 is 0 Å². The summed E-state index contributed by atoms with van der Waals surface area (Å²) in [6, 6.07) is 8.62. The molecule has 4 rings (SSSR count). The molecule has 150 valence electrons. The van der Waals surface area contributed by atoms with Gasteiger partial charge in [0.15, 0.2) is 0 Å². The second-order valence-corrected chi connectivity index (χ2v) is 9.55. The quantitative estimate of drug-likeness (QED) is 0.845. The van der Waals surface area contributed by atoms with Crippen molar-refractivity contribution in [2.24, 2.45) is 0 Å². The first-order chi connectivity index (χ1) is 13.5. The van der Waals surface area contributed by atoms with E-state index in [2.05, 4.69) is 17.3 Å². The van der Waals surface area contributed by atoms with Crippen molar-refractivity contribution in [3.05, 3.63) is 47.4 Å². The maximum absolute atomic E-state index is 13.0. The molecule has 2 aliphatic heterocycles. The van der Waals surface area contributed by atoms with Crippen LogP contribution in [0, 0.1) is 0 Å². The second-order valence-electron chi connectivity index (χ2n) is 7.61. The number of fused-ring (bicyclic) bond motifs is 1. The summed E-state index contributed by atoms with van der Waals surface area (Å²) in [6.45, 7) is 2.77. The molecule has 1 saturated heterocycles. The summed E-state index contributed by atoms with van der Waals surface area (Å²) in [6.07, 6.45) is 2.81. The van der Waals surface area contributed by atoms with Gasteiger partial charge in [-0.3, -0.25) is 0 Å². The van der Waals surface area contributed by atoms with Crippen molar-refractivity contribution >= 4 is 15.8 Å². The van der Waals surface area contributed by atoms with Crippen LogP contribution in [0.2, 0.25) is 0 Å². The fourth-order valence-corrected chi connectivity index (χ4v) is 5.56. The third-order valence-electron chi connectivity index (χ3n) is 5.65. The monoisotopic (exact) mass is 401 g/mol. The number of nitrogens with one attached hydrogen (secondary N) is 1. The summed E-state index contributed by atoms with van der Waals surface area (Å²) in [4.78, 5) is 12.3. The number of hydrogen-bond acceptors (Lipinski definition) is 6. The number of benzene rings is 1. The molecule has 0 unspecified atom stereocenters. The van der Waals surface area contributed by atoms with E-state index in [9.17, 15) is 8.42 Å². The van der Waals surface area contributed by atoms with Gasteiger partial charge in [0.25, 0.3) is 0 Å². The maximum atomic E-state index is 13.0. The molecule has 1 atom stereocenters. The molecular formula is C20H27N5O2S. The molecule has 2 aliphatic rings. The first-order valence-electron chi connectivity index (χ1n) is 9.80. The zero-order chi connectivity index (χ0) is 19.7. The van der Waals surface area contributed by atoms with Gasteiger partial charge in [-0.2, -0.15) is 4.31 Å². The lowest BCUT2D eigenvalue weighted by Gasteiger charge is -2.31. The number of likely N-dealkylation sites (N-methyl/N-ethyl adjacent to an activating group) is 1. The topological polar surface area (TPSA) is 78.4 Å². The Morgan fingerprint density at radius 3 is 2.64 bits per heavy atom. The normalized spacial score (nSPS) is 21.3. The SMILES string of the molecule is CNc1nc([C@H]2CCCN(C)C2)nc2c1CCN(S(=O)(=O)c1ccccc1)C2. The zero-order valence-corrected chi connectivity index (χ0v) is 17.2. The summed E-state index contributed by atoms with van der Waals surface area (Å²) >= 11 is 0. The Morgan fingerprint density at radius 1 is 1.14 bits per heavy atom. The fourth-order valence-electron chi connectivity index (χ4n) is 4.14. The van der Waals surface area contributed by atoms with Crippen molar-refractivity contribution < 1.29 is 8.42 Å². The van der Waals surface area contributed by atoms with Gasteiger partial charge in [0.1, 0.15) is 11.6 Å². The molecule has 1 N–H and O–H groups in total. The van der Waals surface area contributed by atoms with Crippen LogP contribution in [0.25, 0.3) is 0 Å². The molecule has 1 fully saturated rings. The molecule has 0 bridgehead atoms. The van der Waals surface area contributed by atoms with Crippen LogP contribution in [-0.4, -0.2) is 61.3 Å². The molecule has 1 aromatic heterocycles. The highest BCUT2D eigenvalue weighted by Crippen LogP contribution is 2.31. The molecule has 8 heteroatoms. The van der Waals surface area contributed by atoms with Crippen LogP contribution in [-0.2, 0) is 23.0 Å². The van der Waals surface area contributed by atoms with Crippen molar-refractivity contribution in [3.8, 4) is 0 Å². The van der Waals surface area contributed by atoms with Crippen molar-refractivity contribution in [2.75, 3.05) is 39.0 Å². The predicted octanol–water partition coefficient (Wildman–Crippen LogP) is 2.07. The van der Waals surface area contributed by atoms with Gasteiger partial charge in [-0.05, 0) is 45.0 Å². The minimum atomic E-state index is -3.53. The molecular weight excluding hydrogens is 374 g/mol. The number of sulfonamides is 1. The standard InChI is InChI=1S/C20H27N5O2S/c1-21-20-17-10-12-25(28(26,27)16-8-4-3-5-9-16)14-18(17)22-19(23-20)15-7-6-11-24(2)13-15/h3-5,8-9,15H,6-7,10-14H2,1-2H3,(H,21,22,23)/t15-/m0/s1. The smallest absolute Gasteiger partial charge is 0.243 e. The summed E-state index contributed by atoms with van der Waals surface area (Å²) < 4.78 is 27.6. The number of nitrogens with zero attached hydrogens (tertiary/aromatic N) is 4. The van der Waals surface area contributed by atoms with E-state index < -0.39 is 10.0 Å². The lowest BCUT2D eigenvalue weighted by atomic mass is 9.96. The van der Waals surface area contributed by atoms with Crippen molar-refractivity contribution in [1.29, 1.82) is 0 Å². The molecule has 0 aliphatic carbocycles. The molecule has 7 nitrogen and oxygen atoms in total. The number of piperidine rings is 1. The molecule has 0 saturated carbocycles. The molecule has 28 heavy (non-hydrogen) atoms. The van der Waals surface area contributed by atoms with Crippen molar-refractivity contribution in [2.45, 2.75) is 36.6 Å². The predicted molar refractivity (Wildman–Crippen MR) is 109 cm³/mol. The van der Waals surface area contributed by atoms with E-state index in [1.807, 2.05) is 13.1 Å². The number of likely N-dealkylation sites (tertiary alicyclic amines) is 1. The average Bonchev–Trinajstić information content (AvgIpc) is 2.73. The van der Waals surface area contributed by atoms with Crippen LogP contribution in [0.3, 0.4) is 0 Å². The lowest BCUT2D eigenvalue weighted by molar-refractivity contribution is 0.245. The van der Waals surface area contributed by atoms with Gasteiger partial charge in [-0.15, -0.1) is 0 Å². The summed E-state index contributed by atoms with van der Waals surface area (Å²) in [5, 5.41) is 3.20. The zero-order valence-electron chi connectivity index (χ0n) is 16.4.